The quantitative estimate of drug-likeness (QED) is 0.579. The first kappa shape index (κ1) is 12.6. The number of phenolic OH excluding ortho intramolecular Hbond substituents is 3. The van der Waals surface area contributed by atoms with Crippen LogP contribution in [0.2, 0.25) is 0 Å². The highest BCUT2D eigenvalue weighted by Crippen LogP contribution is 2.36. The van der Waals surface area contributed by atoms with Gasteiger partial charge in [0.05, 0.1) is 0 Å². The predicted molar refractivity (Wildman–Crippen MR) is 62.6 cm³/mol. The number of nitrogens with one attached hydrogen (secondary N) is 1. The molecule has 0 amide bonds. The molecule has 0 aliphatic rings. The van der Waals surface area contributed by atoms with Gasteiger partial charge < -0.3 is 20.6 Å². The maximum Gasteiger partial charge on any atom is 0.200 e. The largest absolute Gasteiger partial charge is 0.504 e. The van der Waals surface area contributed by atoms with Crippen LogP contribution >= 0.6 is 0 Å². The van der Waals surface area contributed by atoms with Crippen molar-refractivity contribution in [3.8, 4) is 17.2 Å². The Morgan fingerprint density at radius 2 is 1.69 bits per heavy atom. The van der Waals surface area contributed by atoms with Gasteiger partial charge in [0.2, 0.25) is 5.75 Å². The summed E-state index contributed by atoms with van der Waals surface area (Å²) in [6.45, 7) is 4.66. The summed E-state index contributed by atoms with van der Waals surface area (Å²) >= 11 is 0. The van der Waals surface area contributed by atoms with Gasteiger partial charge in [0.15, 0.2) is 11.5 Å². The van der Waals surface area contributed by atoms with E-state index in [1.807, 2.05) is 0 Å². The molecule has 0 atom stereocenters. The average Bonchev–Trinajstić information content (AvgIpc) is 2.30. The third-order valence-electron chi connectivity index (χ3n) is 2.78. The van der Waals surface area contributed by atoms with E-state index in [0.29, 0.717) is 18.2 Å². The van der Waals surface area contributed by atoms with Crippen molar-refractivity contribution in [1.82, 2.24) is 5.32 Å². The highest BCUT2D eigenvalue weighted by atomic mass is 16.3. The molecule has 0 fully saturated rings. The molecule has 0 bridgehead atoms. The number of phenols is 3. The lowest BCUT2D eigenvalue weighted by Gasteiger charge is -2.15. The van der Waals surface area contributed by atoms with Crippen LogP contribution in [0.25, 0.3) is 0 Å². The zero-order valence-corrected chi connectivity index (χ0v) is 9.70. The Morgan fingerprint density at radius 1 is 1.06 bits per heavy atom. The van der Waals surface area contributed by atoms with E-state index in [2.05, 4.69) is 19.2 Å². The lowest BCUT2D eigenvalue weighted by atomic mass is 10.1. The zero-order chi connectivity index (χ0) is 12.1. The third kappa shape index (κ3) is 2.79. The first-order chi connectivity index (χ1) is 7.60. The summed E-state index contributed by atoms with van der Waals surface area (Å²) in [4.78, 5) is 0. The van der Waals surface area contributed by atoms with Crippen molar-refractivity contribution in [3.05, 3.63) is 17.7 Å². The van der Waals surface area contributed by atoms with Gasteiger partial charge >= 0.3 is 0 Å². The molecule has 0 spiro atoms. The van der Waals surface area contributed by atoms with Crippen molar-refractivity contribution >= 4 is 0 Å². The van der Waals surface area contributed by atoms with E-state index in [9.17, 15) is 10.2 Å². The van der Waals surface area contributed by atoms with Crippen LogP contribution in [0.5, 0.6) is 17.2 Å². The Kier molecular flexibility index (Phi) is 4.43. The van der Waals surface area contributed by atoms with Crippen LogP contribution in [-0.2, 0) is 6.54 Å². The molecule has 1 aromatic rings. The highest BCUT2D eigenvalue weighted by Gasteiger charge is 2.11. The van der Waals surface area contributed by atoms with Gasteiger partial charge in [-0.15, -0.1) is 0 Å². The van der Waals surface area contributed by atoms with Crippen LogP contribution in [0.3, 0.4) is 0 Å². The molecule has 1 rings (SSSR count). The fourth-order valence-corrected chi connectivity index (χ4v) is 1.59. The van der Waals surface area contributed by atoms with Crippen LogP contribution in [0.4, 0.5) is 0 Å². The van der Waals surface area contributed by atoms with Crippen LogP contribution in [-0.4, -0.2) is 21.4 Å². The Labute approximate surface area is 95.6 Å². The van der Waals surface area contributed by atoms with E-state index >= 15 is 0 Å². The number of aromatic hydroxyl groups is 3. The topological polar surface area (TPSA) is 72.7 Å². The maximum atomic E-state index is 9.59. The molecule has 0 aliphatic heterocycles. The first-order valence-electron chi connectivity index (χ1n) is 5.56. The molecule has 90 valence electrons. The summed E-state index contributed by atoms with van der Waals surface area (Å²) in [5.41, 5.74) is 0.585. The number of hydrogen-bond acceptors (Lipinski definition) is 4. The molecule has 0 aromatic heterocycles. The molecular formula is C12H19NO3. The van der Waals surface area contributed by atoms with Crippen LogP contribution in [0.15, 0.2) is 12.1 Å². The molecule has 0 heterocycles. The van der Waals surface area contributed by atoms with E-state index in [1.165, 1.54) is 6.07 Å². The second-order valence-electron chi connectivity index (χ2n) is 3.84. The van der Waals surface area contributed by atoms with Crippen LogP contribution in [0.1, 0.15) is 32.3 Å². The zero-order valence-electron chi connectivity index (χ0n) is 9.70. The Hall–Kier alpha value is -1.42. The molecule has 4 N–H and O–H groups in total. The smallest absolute Gasteiger partial charge is 0.200 e. The summed E-state index contributed by atoms with van der Waals surface area (Å²) in [7, 11) is 0. The minimum absolute atomic E-state index is 0.251. The lowest BCUT2D eigenvalue weighted by Crippen LogP contribution is -2.26. The number of rotatable bonds is 5. The molecule has 0 unspecified atom stereocenters. The monoisotopic (exact) mass is 225 g/mol. The molecule has 1 aromatic carbocycles. The molecule has 0 saturated heterocycles. The van der Waals surface area contributed by atoms with E-state index < -0.39 is 5.75 Å². The van der Waals surface area contributed by atoms with Gasteiger partial charge in [-0.1, -0.05) is 19.9 Å². The van der Waals surface area contributed by atoms with Crippen molar-refractivity contribution in [3.63, 3.8) is 0 Å². The van der Waals surface area contributed by atoms with Crippen molar-refractivity contribution in [2.24, 2.45) is 0 Å². The Morgan fingerprint density at radius 3 is 2.25 bits per heavy atom. The highest BCUT2D eigenvalue weighted by molar-refractivity contribution is 5.52. The van der Waals surface area contributed by atoms with Gasteiger partial charge in [0, 0.05) is 18.2 Å². The van der Waals surface area contributed by atoms with E-state index in [-0.39, 0.29) is 11.5 Å². The summed E-state index contributed by atoms with van der Waals surface area (Å²) in [6, 6.07) is 3.37. The molecule has 4 nitrogen and oxygen atoms in total. The Balaban J connectivity index is 2.71. The van der Waals surface area contributed by atoms with E-state index in [0.717, 1.165) is 12.8 Å². The molecule has 0 saturated carbocycles. The van der Waals surface area contributed by atoms with Crippen LogP contribution < -0.4 is 5.32 Å². The van der Waals surface area contributed by atoms with Gasteiger partial charge in [0.25, 0.3) is 0 Å². The maximum absolute atomic E-state index is 9.59. The summed E-state index contributed by atoms with van der Waals surface area (Å²) in [5.74, 6) is -1.01. The van der Waals surface area contributed by atoms with Crippen molar-refractivity contribution in [2.45, 2.75) is 39.3 Å². The molecule has 16 heavy (non-hydrogen) atoms. The van der Waals surface area contributed by atoms with Crippen LogP contribution in [0, 0.1) is 0 Å². The standard InChI is InChI=1S/C12H19NO3/c1-3-9(4-2)13-7-8-5-6-10(14)12(16)11(8)15/h5-6,9,13-16H,3-4,7H2,1-2H3. The SMILES string of the molecule is CCC(CC)NCc1ccc(O)c(O)c1O. The molecule has 4 heteroatoms. The first-order valence-corrected chi connectivity index (χ1v) is 5.56. The summed E-state index contributed by atoms with van der Waals surface area (Å²) in [6.07, 6.45) is 2.03. The van der Waals surface area contributed by atoms with Gasteiger partial charge in [-0.2, -0.15) is 0 Å². The summed E-state index contributed by atoms with van der Waals surface area (Å²) < 4.78 is 0. The fraction of sp³-hybridized carbons (Fsp3) is 0.500. The minimum Gasteiger partial charge on any atom is -0.504 e. The minimum atomic E-state index is -0.455. The number of hydrogen-bond donors (Lipinski definition) is 4. The van der Waals surface area contributed by atoms with Crippen molar-refractivity contribution in [2.75, 3.05) is 0 Å². The normalized spacial score (nSPS) is 10.9. The molecular weight excluding hydrogens is 206 g/mol. The van der Waals surface area contributed by atoms with Gasteiger partial charge in [-0.3, -0.25) is 0 Å². The lowest BCUT2D eigenvalue weighted by molar-refractivity contribution is 0.362. The fourth-order valence-electron chi connectivity index (χ4n) is 1.59. The van der Waals surface area contributed by atoms with E-state index in [4.69, 9.17) is 5.11 Å². The summed E-state index contributed by atoms with van der Waals surface area (Å²) in [5, 5.41) is 31.4. The average molecular weight is 225 g/mol. The second-order valence-corrected chi connectivity index (χ2v) is 3.84. The second kappa shape index (κ2) is 5.61. The number of benzene rings is 1. The predicted octanol–water partition coefficient (Wildman–Crippen LogP) is 2.08. The van der Waals surface area contributed by atoms with Gasteiger partial charge in [-0.05, 0) is 18.9 Å². The molecule has 0 radical (unpaired) electrons. The third-order valence-corrected chi connectivity index (χ3v) is 2.78. The Bertz CT molecular complexity index is 348. The van der Waals surface area contributed by atoms with Crippen molar-refractivity contribution < 1.29 is 15.3 Å². The van der Waals surface area contributed by atoms with Gasteiger partial charge in [0.1, 0.15) is 0 Å². The van der Waals surface area contributed by atoms with Crippen molar-refractivity contribution in [1.29, 1.82) is 0 Å². The van der Waals surface area contributed by atoms with Gasteiger partial charge in [-0.25, -0.2) is 0 Å². The van der Waals surface area contributed by atoms with E-state index in [1.54, 1.807) is 6.07 Å². The molecule has 0 aliphatic carbocycles.